The lowest BCUT2D eigenvalue weighted by Crippen LogP contribution is -2.48. The number of ether oxygens (including phenoxy) is 1. The molecule has 25 heavy (non-hydrogen) atoms. The zero-order chi connectivity index (χ0) is 18.6. The molecule has 2 heterocycles. The number of carbonyl (C=O) groups is 2. The minimum Gasteiger partial charge on any atom is -0.452 e. The van der Waals surface area contributed by atoms with Gasteiger partial charge in [0.1, 0.15) is 0 Å². The van der Waals surface area contributed by atoms with Gasteiger partial charge in [0.05, 0.1) is 12.2 Å². The summed E-state index contributed by atoms with van der Waals surface area (Å²) in [5.41, 5.74) is 0. The highest BCUT2D eigenvalue weighted by Gasteiger charge is 2.34. The molecule has 0 bridgehead atoms. The van der Waals surface area contributed by atoms with Crippen LogP contribution in [0.2, 0.25) is 0 Å². The van der Waals surface area contributed by atoms with E-state index in [4.69, 9.17) is 4.74 Å². The van der Waals surface area contributed by atoms with Crippen molar-refractivity contribution < 1.29 is 22.7 Å². The van der Waals surface area contributed by atoms with Crippen LogP contribution < -0.4 is 0 Å². The summed E-state index contributed by atoms with van der Waals surface area (Å²) < 4.78 is 29.8. The van der Waals surface area contributed by atoms with Crippen molar-refractivity contribution in [2.45, 2.75) is 64.5 Å². The number of piperidine rings is 2. The zero-order valence-electron chi connectivity index (χ0n) is 15.4. The topological polar surface area (TPSA) is 84.0 Å². The van der Waals surface area contributed by atoms with E-state index in [1.165, 1.54) is 10.6 Å². The molecule has 2 aliphatic heterocycles. The molecule has 0 radical (unpaired) electrons. The number of carbonyl (C=O) groups excluding carboxylic acids is 2. The Kier molecular flexibility index (Phi) is 6.85. The van der Waals surface area contributed by atoms with Crippen molar-refractivity contribution in [3.05, 3.63) is 0 Å². The number of hydrogen-bond donors (Lipinski definition) is 0. The van der Waals surface area contributed by atoms with Gasteiger partial charge in [-0.3, -0.25) is 9.59 Å². The Balaban J connectivity index is 1.86. The number of nitrogens with zero attached hydrogens (tertiary/aromatic N) is 2. The van der Waals surface area contributed by atoms with Crippen LogP contribution >= 0.6 is 0 Å². The fourth-order valence-electron chi connectivity index (χ4n) is 3.69. The van der Waals surface area contributed by atoms with E-state index in [0.717, 1.165) is 32.2 Å². The number of rotatable bonds is 5. The second kappa shape index (κ2) is 8.49. The molecule has 0 aromatic rings. The van der Waals surface area contributed by atoms with Crippen molar-refractivity contribution in [1.82, 2.24) is 9.21 Å². The van der Waals surface area contributed by atoms with Crippen molar-refractivity contribution in [2.24, 2.45) is 5.92 Å². The van der Waals surface area contributed by atoms with Crippen LogP contribution in [-0.4, -0.2) is 67.5 Å². The molecule has 0 saturated carbocycles. The highest BCUT2D eigenvalue weighted by atomic mass is 32.2. The third-order valence-electron chi connectivity index (χ3n) is 5.28. The van der Waals surface area contributed by atoms with E-state index >= 15 is 0 Å². The van der Waals surface area contributed by atoms with Crippen LogP contribution in [0.15, 0.2) is 0 Å². The predicted octanol–water partition coefficient (Wildman–Crippen LogP) is 1.38. The average molecular weight is 375 g/mol. The summed E-state index contributed by atoms with van der Waals surface area (Å²) in [4.78, 5) is 26.8. The lowest BCUT2D eigenvalue weighted by molar-refractivity contribution is -0.165. The van der Waals surface area contributed by atoms with E-state index in [2.05, 4.69) is 6.92 Å². The van der Waals surface area contributed by atoms with Crippen molar-refractivity contribution in [1.29, 1.82) is 0 Å². The summed E-state index contributed by atoms with van der Waals surface area (Å²) in [6.07, 6.45) is 5.32. The maximum atomic E-state index is 12.6. The summed E-state index contributed by atoms with van der Waals surface area (Å²) in [7, 11) is -3.21. The van der Waals surface area contributed by atoms with Gasteiger partial charge in [-0.25, -0.2) is 12.7 Å². The lowest BCUT2D eigenvalue weighted by Gasteiger charge is -2.37. The first-order chi connectivity index (χ1) is 11.7. The van der Waals surface area contributed by atoms with Gasteiger partial charge in [0.2, 0.25) is 10.0 Å². The molecule has 2 unspecified atom stereocenters. The van der Waals surface area contributed by atoms with Crippen molar-refractivity contribution in [2.75, 3.05) is 25.9 Å². The zero-order valence-corrected chi connectivity index (χ0v) is 16.3. The van der Waals surface area contributed by atoms with E-state index in [-0.39, 0.29) is 23.8 Å². The molecule has 144 valence electrons. The van der Waals surface area contributed by atoms with E-state index < -0.39 is 16.1 Å². The number of sulfonamides is 1. The maximum Gasteiger partial charge on any atom is 0.309 e. The molecule has 0 aliphatic carbocycles. The minimum absolute atomic E-state index is 0.117. The molecule has 0 aromatic heterocycles. The summed E-state index contributed by atoms with van der Waals surface area (Å²) >= 11 is 0. The van der Waals surface area contributed by atoms with Gasteiger partial charge in [0.25, 0.3) is 5.91 Å². The van der Waals surface area contributed by atoms with Crippen LogP contribution in [0.1, 0.15) is 52.4 Å². The Labute approximate surface area is 150 Å². The molecule has 7 nitrogen and oxygen atoms in total. The van der Waals surface area contributed by atoms with Crippen molar-refractivity contribution >= 4 is 21.9 Å². The fraction of sp³-hybridized carbons (Fsp3) is 0.882. The van der Waals surface area contributed by atoms with E-state index in [1.54, 1.807) is 6.92 Å². The first-order valence-electron chi connectivity index (χ1n) is 9.20. The molecule has 0 aromatic carbocycles. The van der Waals surface area contributed by atoms with Gasteiger partial charge in [0, 0.05) is 25.7 Å². The maximum absolute atomic E-state index is 12.6. The molecule has 1 amide bonds. The molecule has 0 N–H and O–H groups in total. The van der Waals surface area contributed by atoms with Crippen LogP contribution in [0, 0.1) is 5.92 Å². The van der Waals surface area contributed by atoms with Crippen molar-refractivity contribution in [3.63, 3.8) is 0 Å². The van der Waals surface area contributed by atoms with Gasteiger partial charge < -0.3 is 9.64 Å². The fourth-order valence-corrected chi connectivity index (χ4v) is 4.57. The molecule has 2 saturated heterocycles. The summed E-state index contributed by atoms with van der Waals surface area (Å²) in [5, 5.41) is 0. The smallest absolute Gasteiger partial charge is 0.309 e. The van der Waals surface area contributed by atoms with Gasteiger partial charge in [-0.2, -0.15) is 0 Å². The number of hydrogen-bond acceptors (Lipinski definition) is 5. The number of likely N-dealkylation sites (tertiary alicyclic amines) is 1. The van der Waals surface area contributed by atoms with Gasteiger partial charge >= 0.3 is 5.97 Å². The van der Waals surface area contributed by atoms with Crippen LogP contribution in [0.4, 0.5) is 0 Å². The number of amides is 1. The van der Waals surface area contributed by atoms with Gasteiger partial charge in [-0.1, -0.05) is 6.92 Å². The SMILES string of the molecule is CCC1CCCCN1C(=O)C(C)OC(=O)C1CCN(S(C)(=O)=O)CC1. The quantitative estimate of drug-likeness (QED) is 0.679. The first kappa shape index (κ1) is 20.2. The molecule has 0 spiro atoms. The molecule has 2 aliphatic rings. The van der Waals surface area contributed by atoms with Crippen LogP contribution in [0.25, 0.3) is 0 Å². The molecule has 2 atom stereocenters. The predicted molar refractivity (Wildman–Crippen MR) is 94.3 cm³/mol. The van der Waals surface area contributed by atoms with E-state index in [9.17, 15) is 18.0 Å². The van der Waals surface area contributed by atoms with E-state index in [1.807, 2.05) is 4.90 Å². The Hall–Kier alpha value is -1.15. The third kappa shape index (κ3) is 5.17. The first-order valence-corrected chi connectivity index (χ1v) is 11.0. The Bertz CT molecular complexity index is 584. The Morgan fingerprint density at radius 1 is 1.12 bits per heavy atom. The molecular weight excluding hydrogens is 344 g/mol. The monoisotopic (exact) mass is 374 g/mol. The molecule has 2 fully saturated rings. The van der Waals surface area contributed by atoms with Crippen LogP contribution in [0.5, 0.6) is 0 Å². The lowest BCUT2D eigenvalue weighted by atomic mass is 9.98. The standard InChI is InChI=1S/C17H30N2O5S/c1-4-15-7-5-6-10-19(15)16(20)13(2)24-17(21)14-8-11-18(12-9-14)25(3,22)23/h13-15H,4-12H2,1-3H3. The minimum atomic E-state index is -3.21. The van der Waals surface area contributed by atoms with Gasteiger partial charge in [0.15, 0.2) is 6.10 Å². The van der Waals surface area contributed by atoms with Gasteiger partial charge in [-0.15, -0.1) is 0 Å². The largest absolute Gasteiger partial charge is 0.452 e. The Morgan fingerprint density at radius 3 is 2.32 bits per heavy atom. The molecule has 8 heteroatoms. The summed E-state index contributed by atoms with van der Waals surface area (Å²) in [5.74, 6) is -0.843. The second-order valence-corrected chi connectivity index (χ2v) is 9.09. The second-order valence-electron chi connectivity index (χ2n) is 7.10. The van der Waals surface area contributed by atoms with Crippen molar-refractivity contribution in [3.8, 4) is 0 Å². The summed E-state index contributed by atoms with van der Waals surface area (Å²) in [6.45, 7) is 5.08. The molecular formula is C17H30N2O5S. The van der Waals surface area contributed by atoms with Crippen LogP contribution in [0.3, 0.4) is 0 Å². The van der Waals surface area contributed by atoms with E-state index in [0.29, 0.717) is 25.9 Å². The van der Waals surface area contributed by atoms with Gasteiger partial charge in [-0.05, 0) is 45.4 Å². The average Bonchev–Trinajstić information content (AvgIpc) is 2.60. The normalized spacial score (nSPS) is 24.8. The third-order valence-corrected chi connectivity index (χ3v) is 6.58. The highest BCUT2D eigenvalue weighted by molar-refractivity contribution is 7.88. The number of esters is 1. The van der Waals surface area contributed by atoms with Crippen LogP contribution in [-0.2, 0) is 24.3 Å². The highest BCUT2D eigenvalue weighted by Crippen LogP contribution is 2.23. The Morgan fingerprint density at radius 2 is 1.76 bits per heavy atom. The summed E-state index contributed by atoms with van der Waals surface area (Å²) in [6, 6.07) is 0.236. The molecule has 2 rings (SSSR count).